The molecule has 0 aromatic heterocycles. The molecule has 65 heavy (non-hydrogen) atoms. The molecule has 0 atom stereocenters. The van der Waals surface area contributed by atoms with Crippen molar-refractivity contribution >= 4 is 24.3 Å². The Hall–Kier alpha value is -6.94. The maximum atomic E-state index is 13.8. The Morgan fingerprint density at radius 3 is 1.83 bits per heavy atom. The minimum absolute atomic E-state index is 0.0851. The summed E-state index contributed by atoms with van der Waals surface area (Å²) < 4.78 is 39.5. The molecular formula is C55H55F2N3O5. The van der Waals surface area contributed by atoms with E-state index in [2.05, 4.69) is 31.8 Å². The van der Waals surface area contributed by atoms with Gasteiger partial charge in [0.25, 0.3) is 5.91 Å². The summed E-state index contributed by atoms with van der Waals surface area (Å²) in [5, 5.41) is 16.3. The van der Waals surface area contributed by atoms with Crippen LogP contribution in [0, 0.1) is 24.0 Å². The number of hydrogen-bond acceptors (Lipinski definition) is 6. The highest BCUT2D eigenvalue weighted by atomic mass is 19.1. The molecule has 2 N–H and O–H groups in total. The molecule has 2 saturated carbocycles. The number of hydrogen-bond donors (Lipinski definition) is 2. The molecule has 2 aliphatic carbocycles. The van der Waals surface area contributed by atoms with Crippen LogP contribution in [0.25, 0.3) is 22.3 Å². The number of ether oxygens (including phenoxy) is 2. The molecule has 8 nitrogen and oxygen atoms in total. The number of halogens is 2. The Kier molecular flexibility index (Phi) is 14.1. The number of carboxylic acid groups (broad SMARTS) is 1. The van der Waals surface area contributed by atoms with Gasteiger partial charge in [-0.2, -0.15) is 0 Å². The maximum absolute atomic E-state index is 13.8. The summed E-state index contributed by atoms with van der Waals surface area (Å²) in [7, 11) is 1.81. The molecule has 0 bridgehead atoms. The Balaban J connectivity index is 0.000000163. The van der Waals surface area contributed by atoms with Crippen LogP contribution < -0.4 is 9.47 Å². The summed E-state index contributed by atoms with van der Waals surface area (Å²) in [5.74, 6) is -0.627. The Bertz CT molecular complexity index is 2760. The van der Waals surface area contributed by atoms with Crippen LogP contribution in [0.3, 0.4) is 0 Å². The molecule has 9 rings (SSSR count). The maximum Gasteiger partial charge on any atom is 0.335 e. The van der Waals surface area contributed by atoms with Crippen LogP contribution in [0.4, 0.5) is 8.78 Å². The monoisotopic (exact) mass is 875 g/mol. The summed E-state index contributed by atoms with van der Waals surface area (Å²) in [4.78, 5) is 30.4. The van der Waals surface area contributed by atoms with Gasteiger partial charge >= 0.3 is 5.97 Å². The smallest absolute Gasteiger partial charge is 0.335 e. The highest BCUT2D eigenvalue weighted by Crippen LogP contribution is 2.44. The van der Waals surface area contributed by atoms with Crippen molar-refractivity contribution in [1.29, 1.82) is 5.41 Å². The van der Waals surface area contributed by atoms with Crippen molar-refractivity contribution in [3.05, 3.63) is 177 Å². The molecule has 1 aliphatic heterocycles. The molecule has 3 aliphatic rings. The fourth-order valence-corrected chi connectivity index (χ4v) is 7.66. The first kappa shape index (κ1) is 46.1. The van der Waals surface area contributed by atoms with Crippen LogP contribution in [-0.2, 0) is 19.5 Å². The number of rotatable bonds is 13. The highest BCUT2D eigenvalue weighted by Gasteiger charge is 2.41. The molecule has 6 aromatic carbocycles. The summed E-state index contributed by atoms with van der Waals surface area (Å²) in [5.41, 5.74) is 10.2. The predicted octanol–water partition coefficient (Wildman–Crippen LogP) is 12.7. The van der Waals surface area contributed by atoms with Gasteiger partial charge in [0.2, 0.25) is 0 Å². The van der Waals surface area contributed by atoms with E-state index >= 15 is 0 Å². The van der Waals surface area contributed by atoms with Gasteiger partial charge in [-0.25, -0.2) is 13.6 Å². The first-order valence-electron chi connectivity index (χ1n) is 22.0. The summed E-state index contributed by atoms with van der Waals surface area (Å²) >= 11 is 0. The van der Waals surface area contributed by atoms with Gasteiger partial charge < -0.3 is 24.9 Å². The van der Waals surface area contributed by atoms with Crippen LogP contribution in [0.2, 0.25) is 0 Å². The van der Waals surface area contributed by atoms with E-state index in [0.29, 0.717) is 41.3 Å². The number of aliphatic imine (C=N–C) groups is 1. The van der Waals surface area contributed by atoms with Gasteiger partial charge in [-0.15, -0.1) is 0 Å². The number of carbonyl (C=O) groups excluding carboxylic acids is 1. The Morgan fingerprint density at radius 1 is 0.754 bits per heavy atom. The van der Waals surface area contributed by atoms with Crippen LogP contribution >= 0.6 is 0 Å². The molecule has 0 radical (unpaired) electrons. The fourth-order valence-electron chi connectivity index (χ4n) is 7.66. The number of benzene rings is 6. The van der Waals surface area contributed by atoms with Gasteiger partial charge in [0.05, 0.1) is 12.1 Å². The van der Waals surface area contributed by atoms with E-state index in [1.54, 1.807) is 48.3 Å². The number of carbonyl (C=O) groups is 2. The van der Waals surface area contributed by atoms with Gasteiger partial charge in [0.15, 0.2) is 0 Å². The van der Waals surface area contributed by atoms with Gasteiger partial charge in [-0.05, 0) is 158 Å². The molecule has 0 saturated heterocycles. The van der Waals surface area contributed by atoms with Crippen molar-refractivity contribution in [2.45, 2.75) is 90.5 Å². The molecular weight excluding hydrogens is 821 g/mol. The first-order chi connectivity index (χ1) is 31.2. The standard InChI is InChI=1S/C27H25FN2O2.C17H15FO3.C11H15N/c1-27(11-12-27)32-25-14-19(9-10-23(25)18-5-4-8-22(28)13-18)26(31)30(2)17-21-7-3-6-20-15-29-16-24(20)21;1-17(7-8-17)21-15-10-12(16(19)20)5-6-14(15)11-3-2-4-13(18)9-11;1-3-5-10-6-4-7-11(8-12)9(10)2/h3-10,13-15H,11-12,16-17H2,1-2H3;2-6,9-10H,7-8H2,1H3,(H,19,20);4,6-8,12H,3,5H2,1-2H3. The number of amides is 1. The molecule has 334 valence electrons. The molecule has 0 unspecified atom stereocenters. The third-order valence-electron chi connectivity index (χ3n) is 12.1. The zero-order valence-electron chi connectivity index (χ0n) is 37.6. The lowest BCUT2D eigenvalue weighted by molar-refractivity contribution is 0.0695. The zero-order chi connectivity index (χ0) is 46.3. The highest BCUT2D eigenvalue weighted by molar-refractivity contribution is 5.96. The minimum atomic E-state index is -1.01. The molecule has 0 spiro atoms. The van der Waals surface area contributed by atoms with E-state index in [4.69, 9.17) is 20.0 Å². The predicted molar refractivity (Wildman–Crippen MR) is 254 cm³/mol. The summed E-state index contributed by atoms with van der Waals surface area (Å²) in [6.07, 6.45) is 9.40. The average molecular weight is 876 g/mol. The lowest BCUT2D eigenvalue weighted by Gasteiger charge is -2.21. The third kappa shape index (κ3) is 11.6. The second kappa shape index (κ2) is 19.8. The quantitative estimate of drug-likeness (QED) is 0.112. The number of aryl methyl sites for hydroxylation is 1. The molecule has 6 aromatic rings. The number of nitrogens with one attached hydrogen (secondary N) is 1. The van der Waals surface area contributed by atoms with Crippen LogP contribution in [0.1, 0.15) is 107 Å². The molecule has 1 heterocycles. The van der Waals surface area contributed by atoms with Crippen molar-refractivity contribution < 1.29 is 33.0 Å². The minimum Gasteiger partial charge on any atom is -0.487 e. The van der Waals surface area contributed by atoms with Crippen molar-refractivity contribution in [2.24, 2.45) is 4.99 Å². The van der Waals surface area contributed by atoms with Crippen molar-refractivity contribution in [3.8, 4) is 33.8 Å². The van der Waals surface area contributed by atoms with Crippen LogP contribution in [-0.4, -0.2) is 52.6 Å². The van der Waals surface area contributed by atoms with E-state index in [9.17, 15) is 18.4 Å². The largest absolute Gasteiger partial charge is 0.487 e. The first-order valence-corrected chi connectivity index (χ1v) is 22.0. The van der Waals surface area contributed by atoms with Gasteiger partial charge in [0, 0.05) is 42.7 Å². The number of nitrogens with zero attached hydrogens (tertiary/aromatic N) is 2. The Morgan fingerprint density at radius 2 is 1.29 bits per heavy atom. The number of carboxylic acids is 1. The lowest BCUT2D eigenvalue weighted by atomic mass is 10.00. The van der Waals surface area contributed by atoms with E-state index < -0.39 is 5.97 Å². The van der Waals surface area contributed by atoms with E-state index in [1.165, 1.54) is 65.7 Å². The summed E-state index contributed by atoms with van der Waals surface area (Å²) in [6.45, 7) is 9.47. The number of fused-ring (bicyclic) bond motifs is 1. The molecule has 1 amide bonds. The van der Waals surface area contributed by atoms with E-state index in [1.807, 2.05) is 55.6 Å². The fraction of sp³-hybridized carbons (Fsp3) is 0.273. The lowest BCUT2D eigenvalue weighted by Crippen LogP contribution is -2.27. The van der Waals surface area contributed by atoms with Crippen LogP contribution in [0.15, 0.2) is 126 Å². The SMILES string of the molecule is CC1(Oc2cc(C(=O)O)ccc2-c2cccc(F)c2)CC1.CCCc1cccc(C=N)c1C.CN(Cc1cccc2c1CN=C2)C(=O)c1ccc(-c2cccc(F)c2)c(OC2(C)CC2)c1. The van der Waals surface area contributed by atoms with Crippen molar-refractivity contribution in [2.75, 3.05) is 7.05 Å². The van der Waals surface area contributed by atoms with Crippen molar-refractivity contribution in [3.63, 3.8) is 0 Å². The van der Waals surface area contributed by atoms with Crippen LogP contribution in [0.5, 0.6) is 11.5 Å². The topological polar surface area (TPSA) is 112 Å². The normalized spacial score (nSPS) is 14.4. The second-order valence-electron chi connectivity index (χ2n) is 17.5. The zero-order valence-corrected chi connectivity index (χ0v) is 37.6. The molecule has 2 fully saturated rings. The Labute approximate surface area is 380 Å². The molecule has 10 heteroatoms. The van der Waals surface area contributed by atoms with Gasteiger partial charge in [-0.3, -0.25) is 9.79 Å². The van der Waals surface area contributed by atoms with E-state index in [0.717, 1.165) is 59.9 Å². The van der Waals surface area contributed by atoms with E-state index in [-0.39, 0.29) is 34.3 Å². The average Bonchev–Trinajstić information content (AvgIpc) is 4.15. The van der Waals surface area contributed by atoms with Crippen molar-refractivity contribution in [1.82, 2.24) is 4.90 Å². The van der Waals surface area contributed by atoms with Gasteiger partial charge in [-0.1, -0.05) is 74.0 Å². The van der Waals surface area contributed by atoms with Gasteiger partial charge in [0.1, 0.15) is 34.3 Å². The summed E-state index contributed by atoms with van der Waals surface area (Å²) in [6, 6.07) is 35.0. The number of aromatic carboxylic acids is 1. The third-order valence-corrected chi connectivity index (χ3v) is 12.1. The second-order valence-corrected chi connectivity index (χ2v) is 17.5.